The topological polar surface area (TPSA) is 50.2 Å². The van der Waals surface area contributed by atoms with Gasteiger partial charge in [0.05, 0.1) is 5.56 Å². The van der Waals surface area contributed by atoms with Crippen molar-refractivity contribution in [1.82, 2.24) is 4.98 Å². The summed E-state index contributed by atoms with van der Waals surface area (Å²) in [5.74, 6) is -0.995. The highest BCUT2D eigenvalue weighted by molar-refractivity contribution is 6.35. The average molecular weight is 208 g/mol. The number of rotatable bonds is 1. The summed E-state index contributed by atoms with van der Waals surface area (Å²) in [5, 5.41) is 10.4. The second-order valence-electron chi connectivity index (χ2n) is 2.81. The highest BCUT2D eigenvalue weighted by Gasteiger charge is 2.10. The lowest BCUT2D eigenvalue weighted by Gasteiger charge is -2.02. The quantitative estimate of drug-likeness (QED) is 0.732. The molecule has 0 spiro atoms. The van der Waals surface area contributed by atoms with E-state index in [4.69, 9.17) is 16.7 Å². The van der Waals surface area contributed by atoms with Gasteiger partial charge in [-0.15, -0.1) is 0 Å². The zero-order chi connectivity index (χ0) is 10.1. The summed E-state index contributed by atoms with van der Waals surface area (Å²) in [4.78, 5) is 14.7. The third kappa shape index (κ3) is 1.32. The number of carbonyl (C=O) groups is 1. The molecule has 0 aliphatic carbocycles. The molecule has 1 aromatic heterocycles. The second kappa shape index (κ2) is 3.27. The molecule has 0 saturated heterocycles. The van der Waals surface area contributed by atoms with Crippen LogP contribution in [0.5, 0.6) is 0 Å². The number of benzene rings is 1. The molecule has 1 N–H and O–H groups in total. The Morgan fingerprint density at radius 3 is 2.86 bits per heavy atom. The van der Waals surface area contributed by atoms with Crippen LogP contribution in [-0.2, 0) is 0 Å². The van der Waals surface area contributed by atoms with E-state index in [0.717, 1.165) is 5.39 Å². The molecule has 3 nitrogen and oxygen atoms in total. The van der Waals surface area contributed by atoms with Gasteiger partial charge in [0.25, 0.3) is 0 Å². The highest BCUT2D eigenvalue weighted by atomic mass is 35.5. The molecule has 2 rings (SSSR count). The fraction of sp³-hybridized carbons (Fsp3) is 0. The van der Waals surface area contributed by atoms with Crippen molar-refractivity contribution in [3.05, 3.63) is 41.2 Å². The van der Waals surface area contributed by atoms with Gasteiger partial charge < -0.3 is 5.11 Å². The summed E-state index contributed by atoms with van der Waals surface area (Å²) in [7, 11) is 0. The predicted octanol–water partition coefficient (Wildman–Crippen LogP) is 2.59. The van der Waals surface area contributed by atoms with Gasteiger partial charge in [-0.25, -0.2) is 9.78 Å². The Balaban J connectivity index is 2.91. The molecule has 1 heterocycles. The van der Waals surface area contributed by atoms with Gasteiger partial charge in [0.1, 0.15) is 5.15 Å². The minimum Gasteiger partial charge on any atom is -0.478 e. The molecule has 0 atom stereocenters. The minimum atomic E-state index is -0.995. The first-order chi connectivity index (χ1) is 6.70. The number of pyridine rings is 1. The van der Waals surface area contributed by atoms with Crippen LogP contribution in [0.3, 0.4) is 0 Å². The van der Waals surface area contributed by atoms with E-state index in [1.165, 1.54) is 6.07 Å². The number of nitrogens with zero attached hydrogens (tertiary/aromatic N) is 1. The Bertz CT molecular complexity index is 505. The third-order valence-electron chi connectivity index (χ3n) is 1.98. The van der Waals surface area contributed by atoms with Crippen LogP contribution in [0.4, 0.5) is 0 Å². The predicted molar refractivity (Wildman–Crippen MR) is 53.7 cm³/mol. The van der Waals surface area contributed by atoms with E-state index >= 15 is 0 Å². The van der Waals surface area contributed by atoms with E-state index in [9.17, 15) is 4.79 Å². The molecule has 0 fully saturated rings. The number of aromatic carboxylic acids is 1. The molecular weight excluding hydrogens is 202 g/mol. The summed E-state index contributed by atoms with van der Waals surface area (Å²) in [5.41, 5.74) is 0.181. The number of hydrogen-bond acceptors (Lipinski definition) is 2. The molecule has 0 saturated carbocycles. The molecule has 0 bridgehead atoms. The molecule has 70 valence electrons. The largest absolute Gasteiger partial charge is 0.478 e. The van der Waals surface area contributed by atoms with Crippen LogP contribution in [-0.4, -0.2) is 16.1 Å². The lowest BCUT2D eigenvalue weighted by atomic mass is 10.1. The van der Waals surface area contributed by atoms with Crippen LogP contribution in [0.2, 0.25) is 5.15 Å². The maximum absolute atomic E-state index is 10.9. The lowest BCUT2D eigenvalue weighted by molar-refractivity contribution is 0.0699. The van der Waals surface area contributed by atoms with Crippen molar-refractivity contribution in [3.8, 4) is 0 Å². The molecule has 0 amide bonds. The van der Waals surface area contributed by atoms with Crippen LogP contribution in [0.15, 0.2) is 30.5 Å². The van der Waals surface area contributed by atoms with Crippen LogP contribution < -0.4 is 0 Å². The zero-order valence-corrected chi connectivity index (χ0v) is 7.82. The number of fused-ring (bicyclic) bond motifs is 1. The fourth-order valence-electron chi connectivity index (χ4n) is 1.37. The average Bonchev–Trinajstić information content (AvgIpc) is 2.17. The van der Waals surface area contributed by atoms with Crippen molar-refractivity contribution in [2.75, 3.05) is 0 Å². The summed E-state index contributed by atoms with van der Waals surface area (Å²) in [6.07, 6.45) is 1.55. The van der Waals surface area contributed by atoms with Crippen LogP contribution in [0, 0.1) is 0 Å². The van der Waals surface area contributed by atoms with E-state index in [1.54, 1.807) is 24.4 Å². The molecule has 0 radical (unpaired) electrons. The van der Waals surface area contributed by atoms with E-state index in [-0.39, 0.29) is 10.7 Å². The SMILES string of the molecule is O=C(O)c1cccc2ccnc(Cl)c12. The molecule has 14 heavy (non-hydrogen) atoms. The van der Waals surface area contributed by atoms with Crippen LogP contribution in [0.1, 0.15) is 10.4 Å². The summed E-state index contributed by atoms with van der Waals surface area (Å²) in [6.45, 7) is 0. The first-order valence-corrected chi connectivity index (χ1v) is 4.34. The molecule has 1 aromatic carbocycles. The zero-order valence-electron chi connectivity index (χ0n) is 7.07. The number of carboxylic acid groups (broad SMARTS) is 1. The smallest absolute Gasteiger partial charge is 0.336 e. The Kier molecular flexibility index (Phi) is 2.09. The maximum Gasteiger partial charge on any atom is 0.336 e. The Labute approximate surface area is 85.0 Å². The molecule has 2 aromatic rings. The van der Waals surface area contributed by atoms with Gasteiger partial charge in [-0.2, -0.15) is 0 Å². The number of halogens is 1. The molecule has 4 heteroatoms. The number of carboxylic acids is 1. The summed E-state index contributed by atoms with van der Waals surface area (Å²) < 4.78 is 0. The van der Waals surface area contributed by atoms with Crippen LogP contribution >= 0.6 is 11.6 Å². The van der Waals surface area contributed by atoms with Crippen molar-refractivity contribution in [3.63, 3.8) is 0 Å². The summed E-state index contributed by atoms with van der Waals surface area (Å²) in [6, 6.07) is 6.73. The standard InChI is InChI=1S/C10H6ClNO2/c11-9-8-6(4-5-12-9)2-1-3-7(8)10(13)14/h1-5H,(H,13,14). The van der Waals surface area contributed by atoms with Gasteiger partial charge in [-0.1, -0.05) is 23.7 Å². The first kappa shape index (κ1) is 8.97. The Morgan fingerprint density at radius 1 is 1.36 bits per heavy atom. The maximum atomic E-state index is 10.9. The van der Waals surface area contributed by atoms with Gasteiger partial charge in [0.15, 0.2) is 0 Å². The van der Waals surface area contributed by atoms with Crippen molar-refractivity contribution >= 4 is 28.3 Å². The third-order valence-corrected chi connectivity index (χ3v) is 2.26. The molecule has 0 aliphatic rings. The first-order valence-electron chi connectivity index (χ1n) is 3.96. The normalized spacial score (nSPS) is 10.4. The monoisotopic (exact) mass is 207 g/mol. The highest BCUT2D eigenvalue weighted by Crippen LogP contribution is 2.24. The minimum absolute atomic E-state index is 0.181. The van der Waals surface area contributed by atoms with Crippen molar-refractivity contribution in [2.45, 2.75) is 0 Å². The van der Waals surface area contributed by atoms with Crippen molar-refractivity contribution < 1.29 is 9.90 Å². The van der Waals surface area contributed by atoms with Crippen LogP contribution in [0.25, 0.3) is 10.8 Å². The van der Waals surface area contributed by atoms with Gasteiger partial charge in [0, 0.05) is 11.6 Å². The number of aromatic nitrogens is 1. The number of hydrogen-bond donors (Lipinski definition) is 1. The van der Waals surface area contributed by atoms with Gasteiger partial charge >= 0.3 is 5.97 Å². The Hall–Kier alpha value is -1.61. The van der Waals surface area contributed by atoms with Gasteiger partial charge in [-0.05, 0) is 17.5 Å². The van der Waals surface area contributed by atoms with Crippen molar-refractivity contribution in [2.24, 2.45) is 0 Å². The van der Waals surface area contributed by atoms with Crippen molar-refractivity contribution in [1.29, 1.82) is 0 Å². The summed E-state index contributed by atoms with van der Waals surface area (Å²) >= 11 is 5.83. The second-order valence-corrected chi connectivity index (χ2v) is 3.17. The molecule has 0 aliphatic heterocycles. The fourth-order valence-corrected chi connectivity index (χ4v) is 1.63. The van der Waals surface area contributed by atoms with E-state index in [2.05, 4.69) is 4.98 Å². The lowest BCUT2D eigenvalue weighted by Crippen LogP contribution is -1.97. The van der Waals surface area contributed by atoms with E-state index in [0.29, 0.717) is 5.39 Å². The van der Waals surface area contributed by atoms with E-state index < -0.39 is 5.97 Å². The van der Waals surface area contributed by atoms with Gasteiger partial charge in [0.2, 0.25) is 0 Å². The van der Waals surface area contributed by atoms with E-state index in [1.807, 2.05) is 0 Å². The van der Waals surface area contributed by atoms with Gasteiger partial charge in [-0.3, -0.25) is 0 Å². The molecular formula is C10H6ClNO2. The Morgan fingerprint density at radius 2 is 2.14 bits per heavy atom. The molecule has 0 unspecified atom stereocenters.